The van der Waals surface area contributed by atoms with E-state index in [4.69, 9.17) is 5.26 Å². The molecule has 124 valence electrons. The van der Waals surface area contributed by atoms with Gasteiger partial charge in [-0.3, -0.25) is 0 Å². The van der Waals surface area contributed by atoms with Gasteiger partial charge >= 0.3 is 0 Å². The zero-order valence-electron chi connectivity index (χ0n) is 13.8. The number of hydrogen-bond acceptors (Lipinski definition) is 7. The molecule has 1 fully saturated rings. The van der Waals surface area contributed by atoms with Gasteiger partial charge in [-0.25, -0.2) is 19.9 Å². The molecule has 0 saturated heterocycles. The summed E-state index contributed by atoms with van der Waals surface area (Å²) >= 11 is 0. The molecule has 0 spiro atoms. The predicted octanol–water partition coefficient (Wildman–Crippen LogP) is 3.26. The van der Waals surface area contributed by atoms with E-state index in [0.717, 1.165) is 12.4 Å². The van der Waals surface area contributed by atoms with Crippen molar-refractivity contribution in [3.8, 4) is 6.07 Å². The van der Waals surface area contributed by atoms with E-state index in [2.05, 4.69) is 37.5 Å². The fourth-order valence-corrected chi connectivity index (χ4v) is 2.99. The molecule has 0 aliphatic heterocycles. The summed E-state index contributed by atoms with van der Waals surface area (Å²) in [6.07, 6.45) is 10.9. The molecule has 1 aliphatic carbocycles. The second-order valence-corrected chi connectivity index (χ2v) is 6.54. The first-order valence-electron chi connectivity index (χ1n) is 8.22. The normalized spacial score (nSPS) is 16.2. The lowest BCUT2D eigenvalue weighted by molar-refractivity contribution is 0.233. The number of nitrogens with one attached hydrogen (secondary N) is 2. The Balaban J connectivity index is 1.62. The molecule has 7 heteroatoms. The van der Waals surface area contributed by atoms with Crippen molar-refractivity contribution in [3.05, 3.63) is 30.5 Å². The lowest BCUT2D eigenvalue weighted by Crippen LogP contribution is -2.29. The van der Waals surface area contributed by atoms with Gasteiger partial charge in [0.1, 0.15) is 29.9 Å². The third-order valence-electron chi connectivity index (χ3n) is 4.45. The van der Waals surface area contributed by atoms with E-state index in [1.807, 2.05) is 12.1 Å². The standard InChI is InChI=1S/C17H21N7/c1-17(5-3-2-4-6-17)11-21-14-7-15(23-12-22-14)24-16-10-19-13(8-18)9-20-16/h7,9-10,12H,2-6,11H2,1H3,(H2,20,21,22,23,24). The van der Waals surface area contributed by atoms with Crippen LogP contribution in [-0.2, 0) is 0 Å². The Bertz CT molecular complexity index is 714. The van der Waals surface area contributed by atoms with Crippen LogP contribution in [0.4, 0.5) is 17.5 Å². The van der Waals surface area contributed by atoms with Gasteiger partial charge in [0.05, 0.1) is 12.4 Å². The number of aromatic nitrogens is 4. The van der Waals surface area contributed by atoms with Crippen LogP contribution in [0, 0.1) is 16.7 Å². The van der Waals surface area contributed by atoms with Crippen LogP contribution < -0.4 is 10.6 Å². The molecule has 1 aliphatic rings. The molecule has 2 heterocycles. The van der Waals surface area contributed by atoms with E-state index in [1.165, 1.54) is 50.8 Å². The van der Waals surface area contributed by atoms with Crippen molar-refractivity contribution in [3.63, 3.8) is 0 Å². The van der Waals surface area contributed by atoms with Crippen molar-refractivity contribution in [2.75, 3.05) is 17.2 Å². The van der Waals surface area contributed by atoms with Gasteiger partial charge in [-0.15, -0.1) is 0 Å². The lowest BCUT2D eigenvalue weighted by atomic mass is 9.76. The first-order valence-corrected chi connectivity index (χ1v) is 8.22. The fraction of sp³-hybridized carbons (Fsp3) is 0.471. The number of nitrogens with zero attached hydrogens (tertiary/aromatic N) is 5. The summed E-state index contributed by atoms with van der Waals surface area (Å²) in [5.74, 6) is 1.97. The van der Waals surface area contributed by atoms with Crippen molar-refractivity contribution >= 4 is 17.5 Å². The van der Waals surface area contributed by atoms with Crippen LogP contribution in [0.3, 0.4) is 0 Å². The maximum absolute atomic E-state index is 8.74. The minimum Gasteiger partial charge on any atom is -0.369 e. The van der Waals surface area contributed by atoms with Crippen LogP contribution in [-0.4, -0.2) is 26.5 Å². The molecule has 2 N–H and O–H groups in total. The summed E-state index contributed by atoms with van der Waals surface area (Å²) in [5.41, 5.74) is 0.626. The zero-order chi connectivity index (χ0) is 16.8. The number of anilines is 3. The van der Waals surface area contributed by atoms with E-state index in [9.17, 15) is 0 Å². The van der Waals surface area contributed by atoms with Crippen molar-refractivity contribution in [2.24, 2.45) is 5.41 Å². The Hall–Kier alpha value is -2.75. The van der Waals surface area contributed by atoms with Gasteiger partial charge in [-0.05, 0) is 18.3 Å². The molecule has 0 atom stereocenters. The number of nitriles is 1. The smallest absolute Gasteiger partial charge is 0.158 e. The van der Waals surface area contributed by atoms with Gasteiger partial charge in [-0.1, -0.05) is 26.2 Å². The highest BCUT2D eigenvalue weighted by molar-refractivity contribution is 5.54. The van der Waals surface area contributed by atoms with Crippen molar-refractivity contribution < 1.29 is 0 Å². The number of hydrogen-bond donors (Lipinski definition) is 2. The van der Waals surface area contributed by atoms with E-state index in [-0.39, 0.29) is 5.69 Å². The minimum atomic E-state index is 0.284. The summed E-state index contributed by atoms with van der Waals surface area (Å²) in [7, 11) is 0. The Labute approximate surface area is 141 Å². The van der Waals surface area contributed by atoms with Crippen LogP contribution in [0.15, 0.2) is 24.8 Å². The molecule has 24 heavy (non-hydrogen) atoms. The first kappa shape index (κ1) is 16.1. The summed E-state index contributed by atoms with van der Waals surface area (Å²) in [6, 6.07) is 3.79. The summed E-state index contributed by atoms with van der Waals surface area (Å²) < 4.78 is 0. The zero-order valence-corrected chi connectivity index (χ0v) is 13.8. The summed E-state index contributed by atoms with van der Waals surface area (Å²) in [5, 5.41) is 15.2. The largest absolute Gasteiger partial charge is 0.369 e. The van der Waals surface area contributed by atoms with E-state index >= 15 is 0 Å². The molecular weight excluding hydrogens is 302 g/mol. The summed E-state index contributed by atoms with van der Waals surface area (Å²) in [6.45, 7) is 3.26. The lowest BCUT2D eigenvalue weighted by Gasteiger charge is -2.33. The van der Waals surface area contributed by atoms with Crippen LogP contribution in [0.25, 0.3) is 0 Å². The Kier molecular flexibility index (Phi) is 4.85. The highest BCUT2D eigenvalue weighted by atomic mass is 15.1. The first-order chi connectivity index (χ1) is 11.7. The Morgan fingerprint density at radius 3 is 2.54 bits per heavy atom. The maximum atomic E-state index is 8.74. The second kappa shape index (κ2) is 7.21. The molecule has 0 aromatic carbocycles. The third kappa shape index (κ3) is 4.16. The molecule has 2 aromatic rings. The van der Waals surface area contributed by atoms with Gasteiger partial charge in [-0.2, -0.15) is 5.26 Å². The Morgan fingerprint density at radius 2 is 1.83 bits per heavy atom. The molecule has 1 saturated carbocycles. The van der Waals surface area contributed by atoms with E-state index < -0.39 is 0 Å². The topological polar surface area (TPSA) is 99.4 Å². The minimum absolute atomic E-state index is 0.284. The van der Waals surface area contributed by atoms with Crippen molar-refractivity contribution in [1.82, 2.24) is 19.9 Å². The highest BCUT2D eigenvalue weighted by Crippen LogP contribution is 2.35. The predicted molar refractivity (Wildman–Crippen MR) is 91.7 cm³/mol. The van der Waals surface area contributed by atoms with Crippen LogP contribution in [0.1, 0.15) is 44.7 Å². The van der Waals surface area contributed by atoms with Gasteiger partial charge in [0, 0.05) is 12.6 Å². The summed E-state index contributed by atoms with van der Waals surface area (Å²) in [4.78, 5) is 16.6. The SMILES string of the molecule is CC1(CNc2cc(Nc3cnc(C#N)cn3)ncn2)CCCCC1. The molecular formula is C17H21N7. The molecule has 2 aromatic heterocycles. The third-order valence-corrected chi connectivity index (χ3v) is 4.45. The average Bonchev–Trinajstić information content (AvgIpc) is 2.62. The Morgan fingerprint density at radius 1 is 1.04 bits per heavy atom. The highest BCUT2D eigenvalue weighted by Gasteiger charge is 2.26. The van der Waals surface area contributed by atoms with Crippen LogP contribution in [0.5, 0.6) is 0 Å². The van der Waals surface area contributed by atoms with Crippen LogP contribution >= 0.6 is 0 Å². The molecule has 0 radical (unpaired) electrons. The van der Waals surface area contributed by atoms with Gasteiger partial charge in [0.2, 0.25) is 0 Å². The molecule has 0 amide bonds. The van der Waals surface area contributed by atoms with E-state index in [1.54, 1.807) is 0 Å². The average molecular weight is 323 g/mol. The molecule has 0 bridgehead atoms. The van der Waals surface area contributed by atoms with Crippen molar-refractivity contribution in [2.45, 2.75) is 39.0 Å². The second-order valence-electron chi connectivity index (χ2n) is 6.54. The van der Waals surface area contributed by atoms with Gasteiger partial charge in [0.15, 0.2) is 5.69 Å². The van der Waals surface area contributed by atoms with Crippen molar-refractivity contribution in [1.29, 1.82) is 5.26 Å². The number of rotatable bonds is 5. The maximum Gasteiger partial charge on any atom is 0.158 e. The van der Waals surface area contributed by atoms with Crippen LogP contribution in [0.2, 0.25) is 0 Å². The van der Waals surface area contributed by atoms with Gasteiger partial charge in [0.25, 0.3) is 0 Å². The molecule has 7 nitrogen and oxygen atoms in total. The fourth-order valence-electron chi connectivity index (χ4n) is 2.99. The van der Waals surface area contributed by atoms with E-state index in [0.29, 0.717) is 17.1 Å². The molecule has 3 rings (SSSR count). The monoisotopic (exact) mass is 323 g/mol. The quantitative estimate of drug-likeness (QED) is 0.871. The molecule has 0 unspecified atom stereocenters. The van der Waals surface area contributed by atoms with Gasteiger partial charge < -0.3 is 10.6 Å².